The van der Waals surface area contributed by atoms with Gasteiger partial charge in [-0.15, -0.1) is 0 Å². The van der Waals surface area contributed by atoms with E-state index in [1.165, 1.54) is 0 Å². The fourth-order valence-electron chi connectivity index (χ4n) is 1.35. The van der Waals surface area contributed by atoms with E-state index in [2.05, 4.69) is 6.07 Å². The Hall–Kier alpha value is -1.47. The number of amides is 1. The molecule has 4 heteroatoms. The van der Waals surface area contributed by atoms with Crippen LogP contribution in [0, 0.1) is 11.3 Å². The number of hydrogen-bond acceptors (Lipinski definition) is 3. The standard InChI is InChI=1S/C12H14N2OS/c1-14(12(15)7-8-16-2)11-6-4-3-5-10(11)9-13/h3-6H,7-8H2,1-2H3. The van der Waals surface area contributed by atoms with E-state index in [4.69, 9.17) is 5.26 Å². The summed E-state index contributed by atoms with van der Waals surface area (Å²) in [5.41, 5.74) is 1.21. The molecule has 0 radical (unpaired) electrons. The lowest BCUT2D eigenvalue weighted by atomic mass is 10.2. The predicted octanol–water partition coefficient (Wildman–Crippen LogP) is 2.27. The molecule has 0 aromatic heterocycles. The van der Waals surface area contributed by atoms with Crippen LogP contribution < -0.4 is 4.90 Å². The molecule has 84 valence electrons. The summed E-state index contributed by atoms with van der Waals surface area (Å²) in [6.45, 7) is 0. The highest BCUT2D eigenvalue weighted by molar-refractivity contribution is 7.98. The smallest absolute Gasteiger partial charge is 0.227 e. The molecule has 0 heterocycles. The fraction of sp³-hybridized carbons (Fsp3) is 0.333. The topological polar surface area (TPSA) is 44.1 Å². The van der Waals surface area contributed by atoms with Gasteiger partial charge in [0.15, 0.2) is 0 Å². The SMILES string of the molecule is CSCCC(=O)N(C)c1ccccc1C#N. The van der Waals surface area contributed by atoms with Crippen LogP contribution in [0.5, 0.6) is 0 Å². The van der Waals surface area contributed by atoms with Crippen LogP contribution in [0.15, 0.2) is 24.3 Å². The van der Waals surface area contributed by atoms with Gasteiger partial charge in [0, 0.05) is 19.2 Å². The second-order valence-electron chi connectivity index (χ2n) is 3.32. The molecule has 1 aromatic carbocycles. The summed E-state index contributed by atoms with van der Waals surface area (Å²) in [6.07, 6.45) is 2.47. The van der Waals surface area contributed by atoms with Gasteiger partial charge in [0.25, 0.3) is 0 Å². The molecular formula is C12H14N2OS. The second kappa shape index (κ2) is 6.19. The molecule has 0 N–H and O–H groups in total. The van der Waals surface area contributed by atoms with Crippen LogP contribution >= 0.6 is 11.8 Å². The van der Waals surface area contributed by atoms with Crippen LogP contribution in [0.1, 0.15) is 12.0 Å². The van der Waals surface area contributed by atoms with Crippen molar-refractivity contribution in [3.8, 4) is 6.07 Å². The summed E-state index contributed by atoms with van der Waals surface area (Å²) in [5.74, 6) is 0.842. The lowest BCUT2D eigenvalue weighted by Crippen LogP contribution is -2.27. The van der Waals surface area contributed by atoms with Crippen molar-refractivity contribution >= 4 is 23.4 Å². The minimum absolute atomic E-state index is 0.0389. The van der Waals surface area contributed by atoms with Crippen molar-refractivity contribution in [1.29, 1.82) is 5.26 Å². The Balaban J connectivity index is 2.84. The maximum Gasteiger partial charge on any atom is 0.227 e. The highest BCUT2D eigenvalue weighted by Gasteiger charge is 2.13. The lowest BCUT2D eigenvalue weighted by molar-refractivity contribution is -0.117. The first-order valence-corrected chi connectivity index (χ1v) is 6.34. The Kier molecular flexibility index (Phi) is 4.87. The van der Waals surface area contributed by atoms with Crippen LogP contribution in [0.25, 0.3) is 0 Å². The fourth-order valence-corrected chi connectivity index (χ4v) is 1.73. The number of hydrogen-bond donors (Lipinski definition) is 0. The highest BCUT2D eigenvalue weighted by Crippen LogP contribution is 2.18. The molecule has 3 nitrogen and oxygen atoms in total. The molecule has 0 fully saturated rings. The van der Waals surface area contributed by atoms with Crippen molar-refractivity contribution in [2.24, 2.45) is 0 Å². The van der Waals surface area contributed by atoms with Crippen molar-refractivity contribution in [2.45, 2.75) is 6.42 Å². The number of rotatable bonds is 4. The summed E-state index contributed by atoms with van der Waals surface area (Å²) >= 11 is 1.64. The molecule has 0 unspecified atom stereocenters. The number of nitriles is 1. The third kappa shape index (κ3) is 3.01. The molecule has 0 spiro atoms. The van der Waals surface area contributed by atoms with E-state index in [0.29, 0.717) is 17.7 Å². The number of para-hydroxylation sites is 1. The van der Waals surface area contributed by atoms with E-state index in [1.54, 1.807) is 41.9 Å². The van der Waals surface area contributed by atoms with Crippen LogP contribution in [0.4, 0.5) is 5.69 Å². The third-order valence-corrected chi connectivity index (χ3v) is 2.89. The van der Waals surface area contributed by atoms with E-state index in [0.717, 1.165) is 5.75 Å². The number of benzene rings is 1. The molecular weight excluding hydrogens is 220 g/mol. The third-order valence-electron chi connectivity index (χ3n) is 2.28. The van der Waals surface area contributed by atoms with E-state index < -0.39 is 0 Å². The molecule has 0 saturated carbocycles. The zero-order chi connectivity index (χ0) is 12.0. The monoisotopic (exact) mass is 234 g/mol. The van der Waals surface area contributed by atoms with E-state index in [1.807, 2.05) is 12.3 Å². The maximum absolute atomic E-state index is 11.8. The average Bonchev–Trinajstić information content (AvgIpc) is 2.34. The minimum atomic E-state index is 0.0389. The molecule has 0 aliphatic rings. The summed E-state index contributed by atoms with van der Waals surface area (Å²) < 4.78 is 0. The van der Waals surface area contributed by atoms with Gasteiger partial charge >= 0.3 is 0 Å². The van der Waals surface area contributed by atoms with Crippen molar-refractivity contribution < 1.29 is 4.79 Å². The van der Waals surface area contributed by atoms with Gasteiger partial charge in [0.2, 0.25) is 5.91 Å². The number of thioether (sulfide) groups is 1. The zero-order valence-corrected chi connectivity index (χ0v) is 10.3. The maximum atomic E-state index is 11.8. The molecule has 0 saturated heterocycles. The number of carbonyl (C=O) groups is 1. The molecule has 0 atom stereocenters. The first-order chi connectivity index (χ1) is 7.70. The van der Waals surface area contributed by atoms with Gasteiger partial charge < -0.3 is 4.90 Å². The van der Waals surface area contributed by atoms with Gasteiger partial charge in [-0.1, -0.05) is 12.1 Å². The highest BCUT2D eigenvalue weighted by atomic mass is 32.2. The largest absolute Gasteiger partial charge is 0.314 e. The lowest BCUT2D eigenvalue weighted by Gasteiger charge is -2.18. The summed E-state index contributed by atoms with van der Waals surface area (Å²) in [5, 5.41) is 8.93. The number of nitrogens with zero attached hydrogens (tertiary/aromatic N) is 2. The number of carbonyl (C=O) groups excluding carboxylic acids is 1. The van der Waals surface area contributed by atoms with Crippen LogP contribution in [0.2, 0.25) is 0 Å². The number of anilines is 1. The normalized spacial score (nSPS) is 9.56. The van der Waals surface area contributed by atoms with Crippen molar-refractivity contribution in [2.75, 3.05) is 24.0 Å². The van der Waals surface area contributed by atoms with Crippen LogP contribution in [-0.2, 0) is 4.79 Å². The van der Waals surface area contributed by atoms with Gasteiger partial charge in [-0.3, -0.25) is 4.79 Å². The quantitative estimate of drug-likeness (QED) is 0.802. The van der Waals surface area contributed by atoms with E-state index in [9.17, 15) is 4.79 Å². The Bertz CT molecular complexity index is 412. The van der Waals surface area contributed by atoms with Crippen molar-refractivity contribution in [1.82, 2.24) is 0 Å². The molecule has 16 heavy (non-hydrogen) atoms. The Morgan fingerprint density at radius 3 is 2.81 bits per heavy atom. The summed E-state index contributed by atoms with van der Waals surface area (Å²) in [7, 11) is 1.71. The minimum Gasteiger partial charge on any atom is -0.314 e. The first kappa shape index (κ1) is 12.6. The zero-order valence-electron chi connectivity index (χ0n) is 9.43. The Morgan fingerprint density at radius 2 is 2.19 bits per heavy atom. The first-order valence-electron chi connectivity index (χ1n) is 4.95. The molecule has 1 amide bonds. The van der Waals surface area contributed by atoms with Crippen molar-refractivity contribution in [3.63, 3.8) is 0 Å². The van der Waals surface area contributed by atoms with Gasteiger partial charge in [-0.05, 0) is 18.4 Å². The predicted molar refractivity (Wildman–Crippen MR) is 67.6 cm³/mol. The summed E-state index contributed by atoms with van der Waals surface area (Å²) in [6, 6.07) is 9.21. The molecule has 1 aromatic rings. The van der Waals surface area contributed by atoms with Gasteiger partial charge in [0.05, 0.1) is 11.3 Å². The van der Waals surface area contributed by atoms with Crippen LogP contribution in [-0.4, -0.2) is 25.0 Å². The van der Waals surface area contributed by atoms with Gasteiger partial charge in [-0.2, -0.15) is 17.0 Å². The van der Waals surface area contributed by atoms with E-state index >= 15 is 0 Å². The second-order valence-corrected chi connectivity index (χ2v) is 4.31. The van der Waals surface area contributed by atoms with Gasteiger partial charge in [0.1, 0.15) is 6.07 Å². The molecule has 0 aliphatic carbocycles. The summed E-state index contributed by atoms with van der Waals surface area (Å²) in [4.78, 5) is 13.3. The Morgan fingerprint density at radius 1 is 1.50 bits per heavy atom. The van der Waals surface area contributed by atoms with Crippen molar-refractivity contribution in [3.05, 3.63) is 29.8 Å². The molecule has 0 bridgehead atoms. The molecule has 1 rings (SSSR count). The Labute approximate surface area is 100 Å². The van der Waals surface area contributed by atoms with Gasteiger partial charge in [-0.25, -0.2) is 0 Å². The molecule has 0 aliphatic heterocycles. The average molecular weight is 234 g/mol. The van der Waals surface area contributed by atoms with Crippen LogP contribution in [0.3, 0.4) is 0 Å². The van der Waals surface area contributed by atoms with E-state index in [-0.39, 0.29) is 5.91 Å².